The van der Waals surface area contributed by atoms with Gasteiger partial charge in [0.15, 0.2) is 5.13 Å². The molecule has 8 heteroatoms. The van der Waals surface area contributed by atoms with Crippen molar-refractivity contribution in [1.82, 2.24) is 15.2 Å². The summed E-state index contributed by atoms with van der Waals surface area (Å²) in [5.74, 6) is -0.397. The molecule has 1 aliphatic rings. The van der Waals surface area contributed by atoms with Crippen molar-refractivity contribution in [2.45, 2.75) is 32.4 Å². The number of methoxy groups -OCH3 is 1. The molecule has 1 aliphatic heterocycles. The first-order valence-electron chi connectivity index (χ1n) is 7.26. The number of carbonyl (C=O) groups is 2. The molecule has 2 N–H and O–H groups in total. The Labute approximate surface area is 134 Å². The van der Waals surface area contributed by atoms with E-state index in [0.717, 1.165) is 11.7 Å². The maximum Gasteiger partial charge on any atom is 0.323 e. The van der Waals surface area contributed by atoms with Crippen LogP contribution in [0, 0.1) is 6.92 Å². The second-order valence-corrected chi connectivity index (χ2v) is 6.35. The Balaban J connectivity index is 1.99. The Hall–Kier alpha value is -1.67. The van der Waals surface area contributed by atoms with Gasteiger partial charge in [-0.1, -0.05) is 11.3 Å². The van der Waals surface area contributed by atoms with Crippen molar-refractivity contribution in [3.8, 4) is 0 Å². The summed E-state index contributed by atoms with van der Waals surface area (Å²) in [4.78, 5) is 30.9. The third kappa shape index (κ3) is 3.56. The molecule has 1 fully saturated rings. The van der Waals surface area contributed by atoms with Gasteiger partial charge in [-0.25, -0.2) is 4.98 Å². The molecular formula is C14H22N4O3S. The summed E-state index contributed by atoms with van der Waals surface area (Å²) >= 11 is 1.35. The molecule has 122 valence electrons. The van der Waals surface area contributed by atoms with Gasteiger partial charge in [-0.15, -0.1) is 0 Å². The van der Waals surface area contributed by atoms with Gasteiger partial charge >= 0.3 is 5.97 Å². The minimum absolute atomic E-state index is 0.0642. The van der Waals surface area contributed by atoms with E-state index in [-0.39, 0.29) is 24.0 Å². The van der Waals surface area contributed by atoms with E-state index in [0.29, 0.717) is 23.5 Å². The van der Waals surface area contributed by atoms with Crippen LogP contribution in [-0.4, -0.2) is 61.1 Å². The summed E-state index contributed by atoms with van der Waals surface area (Å²) in [5.41, 5.74) is 0.717. The van der Waals surface area contributed by atoms with Gasteiger partial charge in [-0.05, 0) is 27.3 Å². The summed E-state index contributed by atoms with van der Waals surface area (Å²) in [6, 6.07) is -0.360. The number of thiazole rings is 1. The van der Waals surface area contributed by atoms with Crippen molar-refractivity contribution >= 4 is 28.3 Å². The zero-order valence-electron chi connectivity index (χ0n) is 13.3. The standard InChI is InChI=1S/C14H22N4O3S/c1-5-15-14-16-8(2)11(22-14)12(19)17-9-6-10(13(20)21-4)18(3)7-9/h9-10H,5-7H2,1-4H3,(H,15,16)(H,17,19)/t9-,10-/m0/s1. The molecule has 1 amide bonds. The smallest absolute Gasteiger partial charge is 0.323 e. The molecule has 1 saturated heterocycles. The summed E-state index contributed by atoms with van der Waals surface area (Å²) < 4.78 is 4.78. The first-order valence-corrected chi connectivity index (χ1v) is 8.08. The average Bonchev–Trinajstić information content (AvgIpc) is 3.01. The van der Waals surface area contributed by atoms with Gasteiger partial charge in [-0.2, -0.15) is 0 Å². The Bertz CT molecular complexity index is 560. The van der Waals surface area contributed by atoms with E-state index >= 15 is 0 Å². The van der Waals surface area contributed by atoms with E-state index in [1.807, 2.05) is 25.8 Å². The number of aromatic nitrogens is 1. The Kier molecular flexibility index (Phi) is 5.36. The van der Waals surface area contributed by atoms with E-state index in [2.05, 4.69) is 15.6 Å². The Morgan fingerprint density at radius 2 is 2.23 bits per heavy atom. The number of carbonyl (C=O) groups excluding carboxylic acids is 2. The van der Waals surface area contributed by atoms with Gasteiger partial charge in [0.1, 0.15) is 10.9 Å². The number of hydrogen-bond donors (Lipinski definition) is 2. The SMILES string of the molecule is CCNc1nc(C)c(C(=O)N[C@H]2C[C@@H](C(=O)OC)N(C)C2)s1. The van der Waals surface area contributed by atoms with Crippen molar-refractivity contribution in [2.24, 2.45) is 0 Å². The number of anilines is 1. The number of aryl methyl sites for hydroxylation is 1. The highest BCUT2D eigenvalue weighted by Crippen LogP contribution is 2.23. The van der Waals surface area contributed by atoms with E-state index in [1.165, 1.54) is 18.4 Å². The molecule has 0 unspecified atom stereocenters. The third-order valence-electron chi connectivity index (χ3n) is 3.69. The van der Waals surface area contributed by atoms with Crippen molar-refractivity contribution in [3.63, 3.8) is 0 Å². The monoisotopic (exact) mass is 326 g/mol. The van der Waals surface area contributed by atoms with Gasteiger partial charge in [0, 0.05) is 19.1 Å². The maximum atomic E-state index is 12.4. The second kappa shape index (κ2) is 7.06. The zero-order valence-corrected chi connectivity index (χ0v) is 14.1. The van der Waals surface area contributed by atoms with Gasteiger partial charge in [-0.3, -0.25) is 14.5 Å². The first kappa shape index (κ1) is 16.7. The topological polar surface area (TPSA) is 83.6 Å². The highest BCUT2D eigenvalue weighted by molar-refractivity contribution is 7.17. The van der Waals surface area contributed by atoms with E-state index in [1.54, 1.807) is 0 Å². The molecular weight excluding hydrogens is 304 g/mol. The van der Waals surface area contributed by atoms with Crippen LogP contribution in [-0.2, 0) is 9.53 Å². The molecule has 0 aliphatic carbocycles. The molecule has 0 radical (unpaired) electrons. The average molecular weight is 326 g/mol. The van der Waals surface area contributed by atoms with Crippen LogP contribution in [0.3, 0.4) is 0 Å². The highest BCUT2D eigenvalue weighted by atomic mass is 32.1. The number of hydrogen-bond acceptors (Lipinski definition) is 7. The number of likely N-dealkylation sites (N-methyl/N-ethyl adjacent to an activating group) is 1. The molecule has 0 bridgehead atoms. The summed E-state index contributed by atoms with van der Waals surface area (Å²) in [6.45, 7) is 5.20. The minimum Gasteiger partial charge on any atom is -0.468 e. The van der Waals surface area contributed by atoms with E-state index in [4.69, 9.17) is 4.74 Å². The fraction of sp³-hybridized carbons (Fsp3) is 0.643. The molecule has 7 nitrogen and oxygen atoms in total. The molecule has 2 rings (SSSR count). The fourth-order valence-electron chi connectivity index (χ4n) is 2.60. The molecule has 1 aromatic rings. The largest absolute Gasteiger partial charge is 0.468 e. The predicted octanol–water partition coefficient (Wildman–Crippen LogP) is 0.859. The van der Waals surface area contributed by atoms with Crippen molar-refractivity contribution < 1.29 is 14.3 Å². The number of nitrogens with zero attached hydrogens (tertiary/aromatic N) is 2. The van der Waals surface area contributed by atoms with Crippen LogP contribution in [0.2, 0.25) is 0 Å². The quantitative estimate of drug-likeness (QED) is 0.781. The molecule has 0 saturated carbocycles. The number of amides is 1. The highest BCUT2D eigenvalue weighted by Gasteiger charge is 2.36. The van der Waals surface area contributed by atoms with Crippen LogP contribution in [0.5, 0.6) is 0 Å². The predicted molar refractivity (Wildman–Crippen MR) is 85.3 cm³/mol. The van der Waals surface area contributed by atoms with Crippen LogP contribution in [0.25, 0.3) is 0 Å². The van der Waals surface area contributed by atoms with Gasteiger partial charge in [0.25, 0.3) is 5.91 Å². The Morgan fingerprint density at radius 3 is 2.86 bits per heavy atom. The van der Waals surface area contributed by atoms with Crippen LogP contribution in [0.15, 0.2) is 0 Å². The number of likely N-dealkylation sites (tertiary alicyclic amines) is 1. The zero-order chi connectivity index (χ0) is 16.3. The van der Waals surface area contributed by atoms with Crippen LogP contribution in [0.4, 0.5) is 5.13 Å². The molecule has 1 aromatic heterocycles. The first-order chi connectivity index (χ1) is 10.5. The van der Waals surface area contributed by atoms with E-state index in [9.17, 15) is 9.59 Å². The summed E-state index contributed by atoms with van der Waals surface area (Å²) in [6.07, 6.45) is 0.562. The lowest BCUT2D eigenvalue weighted by molar-refractivity contribution is -0.145. The van der Waals surface area contributed by atoms with Crippen molar-refractivity contribution in [1.29, 1.82) is 0 Å². The number of rotatable bonds is 5. The third-order valence-corrected chi connectivity index (χ3v) is 4.80. The van der Waals surface area contributed by atoms with Crippen LogP contribution < -0.4 is 10.6 Å². The minimum atomic E-state index is -0.296. The Morgan fingerprint density at radius 1 is 1.50 bits per heavy atom. The molecule has 22 heavy (non-hydrogen) atoms. The molecule has 0 spiro atoms. The number of nitrogens with one attached hydrogen (secondary N) is 2. The van der Waals surface area contributed by atoms with Crippen molar-refractivity contribution in [3.05, 3.63) is 10.6 Å². The van der Waals surface area contributed by atoms with Crippen molar-refractivity contribution in [2.75, 3.05) is 32.6 Å². The number of esters is 1. The van der Waals surface area contributed by atoms with Crippen LogP contribution >= 0.6 is 11.3 Å². The van der Waals surface area contributed by atoms with Gasteiger partial charge in [0.2, 0.25) is 0 Å². The summed E-state index contributed by atoms with van der Waals surface area (Å²) in [5, 5.41) is 6.85. The van der Waals surface area contributed by atoms with E-state index < -0.39 is 0 Å². The molecule has 0 aromatic carbocycles. The van der Waals surface area contributed by atoms with Gasteiger partial charge < -0.3 is 15.4 Å². The second-order valence-electron chi connectivity index (χ2n) is 5.35. The van der Waals surface area contributed by atoms with Crippen LogP contribution in [0.1, 0.15) is 28.7 Å². The normalized spacial score (nSPS) is 21.6. The van der Waals surface area contributed by atoms with Gasteiger partial charge in [0.05, 0.1) is 12.8 Å². The molecule has 2 atom stereocenters. The number of ether oxygens (including phenoxy) is 1. The lowest BCUT2D eigenvalue weighted by Gasteiger charge is -2.15. The fourth-order valence-corrected chi connectivity index (χ4v) is 3.54. The summed E-state index contributed by atoms with van der Waals surface area (Å²) in [7, 11) is 3.24. The maximum absolute atomic E-state index is 12.4. The molecule has 2 heterocycles. The lowest BCUT2D eigenvalue weighted by atomic mass is 10.1. The lowest BCUT2D eigenvalue weighted by Crippen LogP contribution is -2.36.